The molecule has 6 nitrogen and oxygen atoms in total. The Morgan fingerprint density at radius 3 is 2.16 bits per heavy atom. The number of sulfonamides is 1. The number of hydrogen-bond acceptors (Lipinski definition) is 4. The van der Waals surface area contributed by atoms with Crippen molar-refractivity contribution in [2.24, 2.45) is 5.92 Å². The van der Waals surface area contributed by atoms with Crippen LogP contribution in [0.5, 0.6) is 0 Å². The van der Waals surface area contributed by atoms with Gasteiger partial charge in [-0.2, -0.15) is 4.31 Å². The lowest BCUT2D eigenvalue weighted by Crippen LogP contribution is -2.37. The Morgan fingerprint density at radius 1 is 0.906 bits per heavy atom. The molecule has 1 amide bonds. The fraction of sp³-hybridized carbons (Fsp3) is 0.480. The third-order valence-electron chi connectivity index (χ3n) is 6.56. The molecular weight excluding hydrogens is 422 g/mol. The molecule has 0 spiro atoms. The summed E-state index contributed by atoms with van der Waals surface area (Å²) in [7, 11) is -3.45. The lowest BCUT2D eigenvalue weighted by molar-refractivity contribution is -0.121. The van der Waals surface area contributed by atoms with Gasteiger partial charge in [0.25, 0.3) is 0 Å². The van der Waals surface area contributed by atoms with Crippen molar-refractivity contribution in [3.05, 3.63) is 59.7 Å². The molecule has 2 saturated heterocycles. The maximum Gasteiger partial charge on any atom is 0.243 e. The average molecular weight is 456 g/mol. The third kappa shape index (κ3) is 5.57. The molecule has 2 aliphatic rings. The summed E-state index contributed by atoms with van der Waals surface area (Å²) in [5, 5.41) is 2.97. The van der Waals surface area contributed by atoms with Crippen LogP contribution in [0.1, 0.15) is 43.2 Å². The van der Waals surface area contributed by atoms with Gasteiger partial charge in [-0.25, -0.2) is 8.42 Å². The number of nitrogens with one attached hydrogen (secondary N) is 1. The number of amides is 1. The van der Waals surface area contributed by atoms with E-state index >= 15 is 0 Å². The van der Waals surface area contributed by atoms with Crippen LogP contribution in [0.4, 0.5) is 5.69 Å². The lowest BCUT2D eigenvalue weighted by Gasteiger charge is -2.31. The second kappa shape index (κ2) is 10.1. The van der Waals surface area contributed by atoms with Gasteiger partial charge in [0.15, 0.2) is 0 Å². The molecule has 2 heterocycles. The molecule has 2 aromatic carbocycles. The number of hydrogen-bond donors (Lipinski definition) is 1. The molecule has 0 aliphatic carbocycles. The van der Waals surface area contributed by atoms with E-state index in [9.17, 15) is 13.2 Å². The Bertz CT molecular complexity index is 1010. The van der Waals surface area contributed by atoms with Crippen molar-refractivity contribution in [1.82, 2.24) is 9.21 Å². The van der Waals surface area contributed by atoms with Gasteiger partial charge in [0.05, 0.1) is 4.90 Å². The zero-order valence-corrected chi connectivity index (χ0v) is 19.6. The minimum absolute atomic E-state index is 0.0129. The van der Waals surface area contributed by atoms with Gasteiger partial charge >= 0.3 is 0 Å². The summed E-state index contributed by atoms with van der Waals surface area (Å²) in [5.41, 5.74) is 3.22. The van der Waals surface area contributed by atoms with Gasteiger partial charge in [-0.05, 0) is 75.5 Å². The van der Waals surface area contributed by atoms with Crippen LogP contribution in [0.3, 0.4) is 0 Å². The van der Waals surface area contributed by atoms with E-state index in [2.05, 4.69) is 41.4 Å². The van der Waals surface area contributed by atoms with Crippen LogP contribution < -0.4 is 5.32 Å². The maximum atomic E-state index is 12.8. The molecule has 0 unspecified atom stereocenters. The van der Waals surface area contributed by atoms with Crippen molar-refractivity contribution in [1.29, 1.82) is 0 Å². The first-order valence-corrected chi connectivity index (χ1v) is 13.0. The molecule has 172 valence electrons. The molecule has 2 fully saturated rings. The Hall–Kier alpha value is -2.22. The lowest BCUT2D eigenvalue weighted by atomic mass is 9.95. The average Bonchev–Trinajstić information content (AvgIpc) is 2.82. The highest BCUT2D eigenvalue weighted by Crippen LogP contribution is 2.24. The van der Waals surface area contributed by atoms with Crippen LogP contribution in [-0.2, 0) is 21.4 Å². The Balaban J connectivity index is 1.28. The van der Waals surface area contributed by atoms with Crippen molar-refractivity contribution < 1.29 is 13.2 Å². The topological polar surface area (TPSA) is 69.7 Å². The summed E-state index contributed by atoms with van der Waals surface area (Å²) in [6.07, 6.45) is 4.58. The third-order valence-corrected chi connectivity index (χ3v) is 8.47. The van der Waals surface area contributed by atoms with Crippen molar-refractivity contribution in [2.45, 2.75) is 50.5 Å². The highest BCUT2D eigenvalue weighted by Gasteiger charge is 2.27. The normalized spacial score (nSPS) is 19.0. The molecule has 2 aromatic rings. The fourth-order valence-corrected chi connectivity index (χ4v) is 6.03. The number of carbonyl (C=O) groups excluding carboxylic acids is 1. The number of benzene rings is 2. The van der Waals surface area contributed by atoms with E-state index < -0.39 is 10.0 Å². The Morgan fingerprint density at radius 2 is 1.53 bits per heavy atom. The molecule has 0 atom stereocenters. The standard InChI is InChI=1S/C25H33N3O3S/c1-20-5-7-21(8-6-20)19-27-17-13-22(14-18-27)25(29)26-23-9-11-24(12-10-23)32(30,31)28-15-3-2-4-16-28/h5-12,22H,2-4,13-19H2,1H3,(H,26,29). The van der Waals surface area contributed by atoms with E-state index in [0.29, 0.717) is 23.7 Å². The molecule has 4 rings (SSSR count). The van der Waals surface area contributed by atoms with Crippen molar-refractivity contribution in [3.63, 3.8) is 0 Å². The number of rotatable bonds is 6. The van der Waals surface area contributed by atoms with Gasteiger partial charge in [-0.15, -0.1) is 0 Å². The molecular formula is C25H33N3O3S. The number of aryl methyl sites for hydroxylation is 1. The van der Waals surface area contributed by atoms with Crippen LogP contribution >= 0.6 is 0 Å². The molecule has 0 aromatic heterocycles. The Kier molecular flexibility index (Phi) is 7.28. The van der Waals surface area contributed by atoms with Crippen LogP contribution in [0.15, 0.2) is 53.4 Å². The van der Waals surface area contributed by atoms with Crippen molar-refractivity contribution in [3.8, 4) is 0 Å². The van der Waals surface area contributed by atoms with Crippen LogP contribution in [0, 0.1) is 12.8 Å². The SMILES string of the molecule is Cc1ccc(CN2CCC(C(=O)Nc3ccc(S(=O)(=O)N4CCCCC4)cc3)CC2)cc1. The van der Waals surface area contributed by atoms with Crippen LogP contribution in [0.2, 0.25) is 0 Å². The highest BCUT2D eigenvalue weighted by molar-refractivity contribution is 7.89. The van der Waals surface area contributed by atoms with Crippen LogP contribution in [-0.4, -0.2) is 49.7 Å². The van der Waals surface area contributed by atoms with Crippen molar-refractivity contribution in [2.75, 3.05) is 31.5 Å². The second-order valence-electron chi connectivity index (χ2n) is 9.01. The summed E-state index contributed by atoms with van der Waals surface area (Å²) in [5.74, 6) is 0.00708. The molecule has 0 bridgehead atoms. The van der Waals surface area contributed by atoms with Gasteiger partial charge in [0, 0.05) is 31.2 Å². The zero-order valence-electron chi connectivity index (χ0n) is 18.8. The van der Waals surface area contributed by atoms with E-state index in [1.165, 1.54) is 11.1 Å². The summed E-state index contributed by atoms with van der Waals surface area (Å²) in [6, 6.07) is 15.2. The first kappa shape index (κ1) is 23.0. The number of likely N-dealkylation sites (tertiary alicyclic amines) is 1. The molecule has 7 heteroatoms. The second-order valence-corrected chi connectivity index (χ2v) is 11.0. The summed E-state index contributed by atoms with van der Waals surface area (Å²) >= 11 is 0. The first-order valence-electron chi connectivity index (χ1n) is 11.6. The van der Waals surface area contributed by atoms with Gasteiger partial charge < -0.3 is 5.32 Å². The van der Waals surface area contributed by atoms with E-state index in [4.69, 9.17) is 0 Å². The Labute approximate surface area is 191 Å². The molecule has 0 saturated carbocycles. The predicted molar refractivity (Wildman–Crippen MR) is 127 cm³/mol. The minimum atomic E-state index is -3.45. The smallest absolute Gasteiger partial charge is 0.243 e. The summed E-state index contributed by atoms with van der Waals surface area (Å²) in [6.45, 7) is 5.99. The zero-order chi connectivity index (χ0) is 22.6. The van der Waals surface area contributed by atoms with Crippen LogP contribution in [0.25, 0.3) is 0 Å². The molecule has 0 radical (unpaired) electrons. The molecule has 1 N–H and O–H groups in total. The largest absolute Gasteiger partial charge is 0.326 e. The molecule has 32 heavy (non-hydrogen) atoms. The summed E-state index contributed by atoms with van der Waals surface area (Å²) < 4.78 is 27.1. The van der Waals surface area contributed by atoms with E-state index in [0.717, 1.165) is 51.7 Å². The maximum absolute atomic E-state index is 12.8. The minimum Gasteiger partial charge on any atom is -0.326 e. The van der Waals surface area contributed by atoms with Gasteiger partial charge in [0.2, 0.25) is 15.9 Å². The first-order chi connectivity index (χ1) is 15.4. The van der Waals surface area contributed by atoms with E-state index in [1.54, 1.807) is 28.6 Å². The fourth-order valence-electron chi connectivity index (χ4n) is 4.51. The van der Waals surface area contributed by atoms with Gasteiger partial charge in [0.1, 0.15) is 0 Å². The predicted octanol–water partition coefficient (Wildman–Crippen LogP) is 4.02. The van der Waals surface area contributed by atoms with E-state index in [1.807, 2.05) is 0 Å². The quantitative estimate of drug-likeness (QED) is 0.714. The van der Waals surface area contributed by atoms with E-state index in [-0.39, 0.29) is 11.8 Å². The number of nitrogens with zero attached hydrogens (tertiary/aromatic N) is 2. The number of anilines is 1. The van der Waals surface area contributed by atoms with Crippen molar-refractivity contribution >= 4 is 21.6 Å². The van der Waals surface area contributed by atoms with Gasteiger partial charge in [-0.1, -0.05) is 36.2 Å². The highest BCUT2D eigenvalue weighted by atomic mass is 32.2. The van der Waals surface area contributed by atoms with Gasteiger partial charge in [-0.3, -0.25) is 9.69 Å². The number of carbonyl (C=O) groups is 1. The molecule has 2 aliphatic heterocycles. The number of piperidine rings is 2. The monoisotopic (exact) mass is 455 g/mol. The summed E-state index contributed by atoms with van der Waals surface area (Å²) in [4.78, 5) is 15.4.